The molecule has 2 aromatic carbocycles. The molecule has 7 nitrogen and oxygen atoms in total. The van der Waals surface area contributed by atoms with Gasteiger partial charge in [0.1, 0.15) is 6.04 Å². The standard InChI is InChI=1S/C23H30ClN3O4S/c1-17-8-5-6-9-19(17)16-26(18(2)23(29)25-3)22(28)10-7-15-27(32(4,30)31)21-13-11-20(24)12-14-21/h5-6,8-9,11-14,18H,7,10,15-16H2,1-4H3,(H,25,29)/t18-/m1/s1. The quantitative estimate of drug-likeness (QED) is 0.566. The summed E-state index contributed by atoms with van der Waals surface area (Å²) in [6.45, 7) is 4.08. The molecule has 0 aromatic heterocycles. The molecule has 174 valence electrons. The number of aryl methyl sites for hydroxylation is 1. The molecule has 0 spiro atoms. The maximum Gasteiger partial charge on any atom is 0.242 e. The van der Waals surface area contributed by atoms with Gasteiger partial charge in [-0.25, -0.2) is 8.42 Å². The van der Waals surface area contributed by atoms with E-state index >= 15 is 0 Å². The van der Waals surface area contributed by atoms with E-state index in [4.69, 9.17) is 11.6 Å². The van der Waals surface area contributed by atoms with E-state index in [0.29, 0.717) is 23.7 Å². The van der Waals surface area contributed by atoms with E-state index in [1.165, 1.54) is 16.3 Å². The van der Waals surface area contributed by atoms with Crippen molar-refractivity contribution in [2.75, 3.05) is 24.2 Å². The van der Waals surface area contributed by atoms with Crippen molar-refractivity contribution < 1.29 is 18.0 Å². The fraction of sp³-hybridized carbons (Fsp3) is 0.391. The Balaban J connectivity index is 2.14. The van der Waals surface area contributed by atoms with Crippen molar-refractivity contribution in [3.05, 3.63) is 64.7 Å². The SMILES string of the molecule is CNC(=O)[C@@H](C)N(Cc1ccccc1C)C(=O)CCCN(c1ccc(Cl)cc1)S(C)(=O)=O. The topological polar surface area (TPSA) is 86.8 Å². The molecule has 0 aliphatic rings. The number of amides is 2. The molecule has 2 rings (SSSR count). The van der Waals surface area contributed by atoms with E-state index in [1.54, 1.807) is 31.2 Å². The number of likely N-dealkylation sites (N-methyl/N-ethyl adjacent to an activating group) is 1. The van der Waals surface area contributed by atoms with E-state index in [1.807, 2.05) is 31.2 Å². The highest BCUT2D eigenvalue weighted by Crippen LogP contribution is 2.21. The summed E-state index contributed by atoms with van der Waals surface area (Å²) in [5.74, 6) is -0.472. The summed E-state index contributed by atoms with van der Waals surface area (Å²) >= 11 is 5.91. The van der Waals surface area contributed by atoms with Gasteiger partial charge in [-0.2, -0.15) is 0 Å². The molecule has 9 heteroatoms. The van der Waals surface area contributed by atoms with Gasteiger partial charge >= 0.3 is 0 Å². The second kappa shape index (κ2) is 11.3. The van der Waals surface area contributed by atoms with Crippen LogP contribution in [0.25, 0.3) is 0 Å². The predicted octanol–water partition coefficient (Wildman–Crippen LogP) is 3.36. The molecule has 0 fully saturated rings. The predicted molar refractivity (Wildman–Crippen MR) is 128 cm³/mol. The monoisotopic (exact) mass is 479 g/mol. The zero-order valence-corrected chi connectivity index (χ0v) is 20.4. The lowest BCUT2D eigenvalue weighted by Gasteiger charge is -2.29. The molecule has 0 saturated heterocycles. The smallest absolute Gasteiger partial charge is 0.242 e. The van der Waals surface area contributed by atoms with Crippen LogP contribution in [0.4, 0.5) is 5.69 Å². The molecule has 0 saturated carbocycles. The van der Waals surface area contributed by atoms with Gasteiger partial charge in [0.2, 0.25) is 21.8 Å². The van der Waals surface area contributed by atoms with Gasteiger partial charge < -0.3 is 10.2 Å². The number of halogens is 1. The lowest BCUT2D eigenvalue weighted by molar-refractivity contribution is -0.140. The lowest BCUT2D eigenvalue weighted by Crippen LogP contribution is -2.47. The van der Waals surface area contributed by atoms with Crippen molar-refractivity contribution in [3.63, 3.8) is 0 Å². The number of carbonyl (C=O) groups excluding carboxylic acids is 2. The zero-order valence-electron chi connectivity index (χ0n) is 18.8. The molecule has 2 amide bonds. The summed E-state index contributed by atoms with van der Waals surface area (Å²) in [4.78, 5) is 26.9. The van der Waals surface area contributed by atoms with Crippen molar-refractivity contribution in [3.8, 4) is 0 Å². The van der Waals surface area contributed by atoms with Crippen molar-refractivity contribution in [1.29, 1.82) is 0 Å². The molecule has 0 bridgehead atoms. The summed E-state index contributed by atoms with van der Waals surface area (Å²) in [5, 5.41) is 3.10. The van der Waals surface area contributed by atoms with Crippen LogP contribution in [0, 0.1) is 6.92 Å². The van der Waals surface area contributed by atoms with Gasteiger partial charge in [-0.15, -0.1) is 0 Å². The molecular weight excluding hydrogens is 450 g/mol. The van der Waals surface area contributed by atoms with Gasteiger partial charge in [0.25, 0.3) is 0 Å². The number of sulfonamides is 1. The van der Waals surface area contributed by atoms with E-state index in [2.05, 4.69) is 5.32 Å². The van der Waals surface area contributed by atoms with Crippen molar-refractivity contribution in [2.45, 2.75) is 39.3 Å². The molecular formula is C23H30ClN3O4S. The number of nitrogens with one attached hydrogen (secondary N) is 1. The van der Waals surface area contributed by atoms with Gasteiger partial charge in [-0.3, -0.25) is 13.9 Å². The summed E-state index contributed by atoms with van der Waals surface area (Å²) < 4.78 is 25.8. The largest absolute Gasteiger partial charge is 0.357 e. The lowest BCUT2D eigenvalue weighted by atomic mass is 10.1. The molecule has 2 aromatic rings. The van der Waals surface area contributed by atoms with Gasteiger partial charge in [0.05, 0.1) is 11.9 Å². The normalized spacial score (nSPS) is 12.2. The Labute approximate surface area is 195 Å². The molecule has 0 radical (unpaired) electrons. The maximum absolute atomic E-state index is 13.1. The number of anilines is 1. The minimum absolute atomic E-state index is 0.104. The van der Waals surface area contributed by atoms with E-state index in [0.717, 1.165) is 17.4 Å². The molecule has 1 N–H and O–H groups in total. The minimum atomic E-state index is -3.54. The van der Waals surface area contributed by atoms with Crippen molar-refractivity contribution >= 4 is 39.1 Å². The van der Waals surface area contributed by atoms with Gasteiger partial charge in [0, 0.05) is 31.6 Å². The van der Waals surface area contributed by atoms with E-state index in [-0.39, 0.29) is 24.8 Å². The van der Waals surface area contributed by atoms with Crippen LogP contribution in [0.3, 0.4) is 0 Å². The Bertz CT molecular complexity index is 1040. The summed E-state index contributed by atoms with van der Waals surface area (Å²) in [5.41, 5.74) is 2.47. The summed E-state index contributed by atoms with van der Waals surface area (Å²) in [6.07, 6.45) is 1.54. The third kappa shape index (κ3) is 6.97. The Morgan fingerprint density at radius 1 is 1.09 bits per heavy atom. The fourth-order valence-electron chi connectivity index (χ4n) is 3.37. The van der Waals surface area contributed by atoms with Gasteiger partial charge in [0.15, 0.2) is 0 Å². The van der Waals surface area contributed by atoms with Crippen LogP contribution >= 0.6 is 11.6 Å². The Kier molecular flexibility index (Phi) is 9.09. The summed E-state index contributed by atoms with van der Waals surface area (Å²) in [7, 11) is -2.00. The molecule has 0 unspecified atom stereocenters. The number of hydrogen-bond donors (Lipinski definition) is 1. The Morgan fingerprint density at radius 3 is 2.28 bits per heavy atom. The highest BCUT2D eigenvalue weighted by Gasteiger charge is 2.26. The highest BCUT2D eigenvalue weighted by atomic mass is 35.5. The second-order valence-electron chi connectivity index (χ2n) is 7.65. The molecule has 0 aliphatic carbocycles. The minimum Gasteiger partial charge on any atom is -0.357 e. The average Bonchev–Trinajstić information content (AvgIpc) is 2.75. The molecule has 32 heavy (non-hydrogen) atoms. The molecule has 0 aliphatic heterocycles. The first-order valence-electron chi connectivity index (χ1n) is 10.3. The number of carbonyl (C=O) groups is 2. The third-order valence-corrected chi connectivity index (χ3v) is 6.73. The Morgan fingerprint density at radius 2 is 1.72 bits per heavy atom. The highest BCUT2D eigenvalue weighted by molar-refractivity contribution is 7.92. The van der Waals surface area contributed by atoms with Gasteiger partial charge in [-0.05, 0) is 55.7 Å². The van der Waals surface area contributed by atoms with Crippen LogP contribution in [0.15, 0.2) is 48.5 Å². The van der Waals surface area contributed by atoms with Crippen LogP contribution in [0.5, 0.6) is 0 Å². The maximum atomic E-state index is 13.1. The summed E-state index contributed by atoms with van der Waals surface area (Å²) in [6, 6.07) is 13.5. The van der Waals surface area contributed by atoms with Crippen LogP contribution in [-0.4, -0.2) is 51.0 Å². The number of benzene rings is 2. The van der Waals surface area contributed by atoms with Crippen LogP contribution in [0.1, 0.15) is 30.9 Å². The number of hydrogen-bond acceptors (Lipinski definition) is 4. The third-order valence-electron chi connectivity index (χ3n) is 5.28. The average molecular weight is 480 g/mol. The first kappa shape index (κ1) is 25.7. The molecule has 0 heterocycles. The second-order valence-corrected chi connectivity index (χ2v) is 10.00. The van der Waals surface area contributed by atoms with Gasteiger partial charge in [-0.1, -0.05) is 35.9 Å². The number of nitrogens with zero attached hydrogens (tertiary/aromatic N) is 2. The van der Waals surface area contributed by atoms with Crippen LogP contribution < -0.4 is 9.62 Å². The fourth-order valence-corrected chi connectivity index (χ4v) is 4.47. The Hall–Kier alpha value is -2.58. The van der Waals surface area contributed by atoms with Crippen LogP contribution in [-0.2, 0) is 26.2 Å². The van der Waals surface area contributed by atoms with Crippen LogP contribution in [0.2, 0.25) is 5.02 Å². The van der Waals surface area contributed by atoms with Crippen molar-refractivity contribution in [2.24, 2.45) is 0 Å². The van der Waals surface area contributed by atoms with E-state index in [9.17, 15) is 18.0 Å². The number of rotatable bonds is 10. The van der Waals surface area contributed by atoms with Crippen molar-refractivity contribution in [1.82, 2.24) is 10.2 Å². The molecule has 1 atom stereocenters. The first-order chi connectivity index (χ1) is 15.0. The zero-order chi connectivity index (χ0) is 23.9. The first-order valence-corrected chi connectivity index (χ1v) is 12.6. The van der Waals surface area contributed by atoms with E-state index < -0.39 is 16.1 Å².